The van der Waals surface area contributed by atoms with Crippen LogP contribution in [0.5, 0.6) is 0 Å². The maximum atomic E-state index is 5.68. The molecular weight excluding hydrogens is 198 g/mol. The van der Waals surface area contributed by atoms with Crippen LogP contribution in [-0.2, 0) is 6.42 Å². The van der Waals surface area contributed by atoms with E-state index in [0.717, 1.165) is 30.1 Å². The van der Waals surface area contributed by atoms with E-state index in [-0.39, 0.29) is 0 Å². The number of nitrogens with zero attached hydrogens (tertiary/aromatic N) is 1. The smallest absolute Gasteiger partial charge is 0.107 e. The SMILES string of the molecule is CCC(Cc1ccccn1)c1ccc(C)o1. The molecule has 0 aliphatic rings. The predicted octanol–water partition coefficient (Wildman–Crippen LogP) is 3.72. The summed E-state index contributed by atoms with van der Waals surface area (Å²) in [5.74, 6) is 2.49. The van der Waals surface area contributed by atoms with Gasteiger partial charge in [0.2, 0.25) is 0 Å². The molecule has 1 unspecified atom stereocenters. The molecule has 2 aromatic rings. The molecule has 0 saturated heterocycles. The first-order valence-electron chi connectivity index (χ1n) is 5.76. The van der Waals surface area contributed by atoms with Crippen molar-refractivity contribution in [1.29, 1.82) is 0 Å². The fourth-order valence-electron chi connectivity index (χ4n) is 1.89. The quantitative estimate of drug-likeness (QED) is 0.776. The van der Waals surface area contributed by atoms with E-state index in [9.17, 15) is 0 Å². The topological polar surface area (TPSA) is 26.0 Å². The second kappa shape index (κ2) is 4.97. The first kappa shape index (κ1) is 10.9. The average Bonchev–Trinajstić information content (AvgIpc) is 2.74. The minimum Gasteiger partial charge on any atom is -0.466 e. The Hall–Kier alpha value is -1.57. The Morgan fingerprint density at radius 1 is 1.25 bits per heavy atom. The highest BCUT2D eigenvalue weighted by atomic mass is 16.3. The third kappa shape index (κ3) is 2.51. The summed E-state index contributed by atoms with van der Waals surface area (Å²) < 4.78 is 5.68. The Kier molecular flexibility index (Phi) is 3.40. The van der Waals surface area contributed by atoms with Crippen molar-refractivity contribution in [3.63, 3.8) is 0 Å². The number of aromatic nitrogens is 1. The van der Waals surface area contributed by atoms with Gasteiger partial charge in [0.25, 0.3) is 0 Å². The maximum Gasteiger partial charge on any atom is 0.107 e. The van der Waals surface area contributed by atoms with Crippen molar-refractivity contribution in [1.82, 2.24) is 4.98 Å². The largest absolute Gasteiger partial charge is 0.466 e. The fraction of sp³-hybridized carbons (Fsp3) is 0.357. The van der Waals surface area contributed by atoms with Crippen molar-refractivity contribution in [3.05, 3.63) is 53.7 Å². The van der Waals surface area contributed by atoms with Crippen LogP contribution in [0.1, 0.15) is 36.5 Å². The zero-order valence-corrected chi connectivity index (χ0v) is 9.81. The van der Waals surface area contributed by atoms with E-state index in [4.69, 9.17) is 4.42 Å². The van der Waals surface area contributed by atoms with Gasteiger partial charge in [-0.2, -0.15) is 0 Å². The molecule has 84 valence electrons. The van der Waals surface area contributed by atoms with E-state index >= 15 is 0 Å². The van der Waals surface area contributed by atoms with E-state index in [1.807, 2.05) is 31.3 Å². The highest BCUT2D eigenvalue weighted by molar-refractivity contribution is 5.14. The lowest BCUT2D eigenvalue weighted by Gasteiger charge is -2.11. The molecule has 1 atom stereocenters. The number of aryl methyl sites for hydroxylation is 1. The fourth-order valence-corrected chi connectivity index (χ4v) is 1.89. The van der Waals surface area contributed by atoms with Crippen molar-refractivity contribution in [3.8, 4) is 0 Å². The molecule has 0 radical (unpaired) electrons. The second-order valence-corrected chi connectivity index (χ2v) is 4.08. The molecule has 2 heterocycles. The molecule has 0 N–H and O–H groups in total. The lowest BCUT2D eigenvalue weighted by molar-refractivity contribution is 0.433. The standard InChI is InChI=1S/C14H17NO/c1-3-12(14-8-7-11(2)16-14)10-13-6-4-5-9-15-13/h4-9,12H,3,10H2,1-2H3. The highest BCUT2D eigenvalue weighted by Gasteiger charge is 2.14. The molecule has 2 aromatic heterocycles. The Balaban J connectivity index is 2.12. The van der Waals surface area contributed by atoms with Gasteiger partial charge >= 0.3 is 0 Å². The van der Waals surface area contributed by atoms with Crippen LogP contribution in [0, 0.1) is 6.92 Å². The van der Waals surface area contributed by atoms with Crippen LogP contribution in [0.2, 0.25) is 0 Å². The van der Waals surface area contributed by atoms with Crippen molar-refractivity contribution < 1.29 is 4.42 Å². The van der Waals surface area contributed by atoms with E-state index < -0.39 is 0 Å². The normalized spacial score (nSPS) is 12.6. The van der Waals surface area contributed by atoms with Gasteiger partial charge in [0, 0.05) is 17.8 Å². The zero-order chi connectivity index (χ0) is 11.4. The molecule has 2 nitrogen and oxygen atoms in total. The lowest BCUT2D eigenvalue weighted by atomic mass is 9.97. The van der Waals surface area contributed by atoms with Gasteiger partial charge in [0.05, 0.1) is 0 Å². The van der Waals surface area contributed by atoms with Crippen molar-refractivity contribution in [2.45, 2.75) is 32.6 Å². The highest BCUT2D eigenvalue weighted by Crippen LogP contribution is 2.25. The van der Waals surface area contributed by atoms with Gasteiger partial charge < -0.3 is 4.42 Å². The van der Waals surface area contributed by atoms with Crippen LogP contribution in [0.15, 0.2) is 40.9 Å². The summed E-state index contributed by atoms with van der Waals surface area (Å²) in [4.78, 5) is 4.36. The summed E-state index contributed by atoms with van der Waals surface area (Å²) in [5, 5.41) is 0. The van der Waals surface area contributed by atoms with Crippen molar-refractivity contribution in [2.75, 3.05) is 0 Å². The van der Waals surface area contributed by atoms with Gasteiger partial charge in [-0.3, -0.25) is 4.98 Å². The molecule has 0 saturated carbocycles. The summed E-state index contributed by atoms with van der Waals surface area (Å²) in [6, 6.07) is 10.1. The number of hydrogen-bond acceptors (Lipinski definition) is 2. The van der Waals surface area contributed by atoms with E-state index in [1.54, 1.807) is 0 Å². The van der Waals surface area contributed by atoms with Crippen molar-refractivity contribution >= 4 is 0 Å². The molecule has 16 heavy (non-hydrogen) atoms. The number of furan rings is 1. The Bertz CT molecular complexity index is 433. The van der Waals surface area contributed by atoms with Gasteiger partial charge in [-0.05, 0) is 44.0 Å². The third-order valence-electron chi connectivity index (χ3n) is 2.84. The van der Waals surface area contributed by atoms with E-state index in [0.29, 0.717) is 5.92 Å². The van der Waals surface area contributed by atoms with Crippen LogP contribution < -0.4 is 0 Å². The molecule has 0 aliphatic heterocycles. The maximum absolute atomic E-state index is 5.68. The molecule has 0 spiro atoms. The Labute approximate surface area is 96.3 Å². The van der Waals surface area contributed by atoms with Gasteiger partial charge in [-0.1, -0.05) is 13.0 Å². The Morgan fingerprint density at radius 2 is 2.12 bits per heavy atom. The second-order valence-electron chi connectivity index (χ2n) is 4.08. The van der Waals surface area contributed by atoms with E-state index in [1.165, 1.54) is 0 Å². The first-order valence-corrected chi connectivity index (χ1v) is 5.76. The van der Waals surface area contributed by atoms with Gasteiger partial charge in [0.15, 0.2) is 0 Å². The van der Waals surface area contributed by atoms with Crippen LogP contribution in [0.25, 0.3) is 0 Å². The number of rotatable bonds is 4. The first-order chi connectivity index (χ1) is 7.79. The van der Waals surface area contributed by atoms with Crippen LogP contribution in [0.3, 0.4) is 0 Å². The third-order valence-corrected chi connectivity index (χ3v) is 2.84. The van der Waals surface area contributed by atoms with E-state index in [2.05, 4.69) is 24.0 Å². The van der Waals surface area contributed by atoms with Gasteiger partial charge in [-0.15, -0.1) is 0 Å². The van der Waals surface area contributed by atoms with Crippen LogP contribution in [0.4, 0.5) is 0 Å². The summed E-state index contributed by atoms with van der Waals surface area (Å²) in [5.41, 5.74) is 1.13. The molecule has 0 bridgehead atoms. The summed E-state index contributed by atoms with van der Waals surface area (Å²) >= 11 is 0. The van der Waals surface area contributed by atoms with Gasteiger partial charge in [-0.25, -0.2) is 0 Å². The zero-order valence-electron chi connectivity index (χ0n) is 9.81. The minimum absolute atomic E-state index is 0.434. The molecular formula is C14H17NO. The molecule has 0 fully saturated rings. The number of pyridine rings is 1. The average molecular weight is 215 g/mol. The van der Waals surface area contributed by atoms with Crippen LogP contribution >= 0.6 is 0 Å². The predicted molar refractivity (Wildman–Crippen MR) is 64.4 cm³/mol. The molecule has 0 aliphatic carbocycles. The lowest BCUT2D eigenvalue weighted by Crippen LogP contribution is -2.01. The summed E-state index contributed by atoms with van der Waals surface area (Å²) in [6.07, 6.45) is 3.86. The summed E-state index contributed by atoms with van der Waals surface area (Å²) in [7, 11) is 0. The minimum atomic E-state index is 0.434. The van der Waals surface area contributed by atoms with Crippen molar-refractivity contribution in [2.24, 2.45) is 0 Å². The molecule has 2 rings (SSSR count). The number of hydrogen-bond donors (Lipinski definition) is 0. The Morgan fingerprint density at radius 3 is 2.69 bits per heavy atom. The monoisotopic (exact) mass is 215 g/mol. The molecule has 0 aromatic carbocycles. The molecule has 0 amide bonds. The van der Waals surface area contributed by atoms with Gasteiger partial charge in [0.1, 0.15) is 11.5 Å². The van der Waals surface area contributed by atoms with Crippen LogP contribution in [-0.4, -0.2) is 4.98 Å². The molecule has 2 heteroatoms. The summed E-state index contributed by atoms with van der Waals surface area (Å²) in [6.45, 7) is 4.17.